The molecule has 5 unspecified atom stereocenters. The SMILES string of the molecule is CNC(C)C(=O)NC(C(=O)N1CCC2NCC(c3c[nH]c4ccccc34)C21)C1CCCCC1. The Balaban J connectivity index is 1.42. The molecule has 0 radical (unpaired) electrons. The summed E-state index contributed by atoms with van der Waals surface area (Å²) in [6.45, 7) is 3.47. The maximum absolute atomic E-state index is 14.1. The van der Waals surface area contributed by atoms with E-state index in [1.807, 2.05) is 13.0 Å². The first-order chi connectivity index (χ1) is 16.1. The van der Waals surface area contributed by atoms with Crippen LogP contribution in [0.2, 0.25) is 0 Å². The number of carbonyl (C=O) groups excluding carboxylic acids is 2. The Morgan fingerprint density at radius 3 is 2.70 bits per heavy atom. The fraction of sp³-hybridized carbons (Fsp3) is 0.615. The van der Waals surface area contributed by atoms with Gasteiger partial charge in [0.2, 0.25) is 11.8 Å². The fourth-order valence-corrected chi connectivity index (χ4v) is 6.32. The molecule has 7 heteroatoms. The highest BCUT2D eigenvalue weighted by atomic mass is 16.2. The molecule has 2 aromatic rings. The van der Waals surface area contributed by atoms with E-state index in [-0.39, 0.29) is 35.7 Å². The summed E-state index contributed by atoms with van der Waals surface area (Å²) in [5, 5.41) is 11.1. The van der Waals surface area contributed by atoms with Crippen molar-refractivity contribution in [3.05, 3.63) is 36.0 Å². The van der Waals surface area contributed by atoms with Crippen molar-refractivity contribution in [1.29, 1.82) is 0 Å². The monoisotopic (exact) mass is 451 g/mol. The summed E-state index contributed by atoms with van der Waals surface area (Å²) in [6, 6.07) is 8.09. The summed E-state index contributed by atoms with van der Waals surface area (Å²) in [5.41, 5.74) is 2.42. The molecule has 2 aliphatic heterocycles. The van der Waals surface area contributed by atoms with E-state index in [1.165, 1.54) is 17.4 Å². The minimum absolute atomic E-state index is 0.0881. The second-order valence-electron chi connectivity index (χ2n) is 10.1. The fourth-order valence-electron chi connectivity index (χ4n) is 6.32. The average Bonchev–Trinajstić information content (AvgIpc) is 3.57. The van der Waals surface area contributed by atoms with Crippen LogP contribution in [0.1, 0.15) is 56.9 Å². The number of hydrogen-bond acceptors (Lipinski definition) is 4. The molecule has 3 fully saturated rings. The van der Waals surface area contributed by atoms with Gasteiger partial charge in [0, 0.05) is 42.1 Å². The molecular formula is C26H37N5O2. The van der Waals surface area contributed by atoms with Crippen LogP contribution in [0.25, 0.3) is 10.9 Å². The zero-order valence-electron chi connectivity index (χ0n) is 19.8. The molecule has 3 aliphatic rings. The first kappa shape index (κ1) is 22.4. The van der Waals surface area contributed by atoms with Crippen LogP contribution in [0.3, 0.4) is 0 Å². The number of nitrogens with zero attached hydrogens (tertiary/aromatic N) is 1. The second-order valence-corrected chi connectivity index (χ2v) is 10.1. The first-order valence-electron chi connectivity index (χ1n) is 12.7. The number of likely N-dealkylation sites (tertiary alicyclic amines) is 1. The van der Waals surface area contributed by atoms with E-state index >= 15 is 0 Å². The molecule has 2 saturated heterocycles. The van der Waals surface area contributed by atoms with Crippen molar-refractivity contribution >= 4 is 22.7 Å². The van der Waals surface area contributed by atoms with Crippen molar-refractivity contribution in [3.63, 3.8) is 0 Å². The van der Waals surface area contributed by atoms with Crippen molar-refractivity contribution in [3.8, 4) is 0 Å². The highest BCUT2D eigenvalue weighted by Gasteiger charge is 2.49. The number of nitrogens with one attached hydrogen (secondary N) is 4. The number of aromatic amines is 1. The molecule has 0 spiro atoms. The molecule has 7 nitrogen and oxygen atoms in total. The third-order valence-electron chi connectivity index (χ3n) is 8.28. The van der Waals surface area contributed by atoms with Crippen molar-refractivity contribution in [1.82, 2.24) is 25.8 Å². The van der Waals surface area contributed by atoms with Crippen molar-refractivity contribution in [2.45, 2.75) is 75.5 Å². The zero-order valence-corrected chi connectivity index (χ0v) is 19.8. The quantitative estimate of drug-likeness (QED) is 0.543. The van der Waals surface area contributed by atoms with Gasteiger partial charge in [0.25, 0.3) is 0 Å². The van der Waals surface area contributed by atoms with Crippen LogP contribution in [0.5, 0.6) is 0 Å². The van der Waals surface area contributed by atoms with Crippen LogP contribution >= 0.6 is 0 Å². The Kier molecular flexibility index (Phi) is 6.43. The Morgan fingerprint density at radius 2 is 1.91 bits per heavy atom. The summed E-state index contributed by atoms with van der Waals surface area (Å²) < 4.78 is 0. The smallest absolute Gasteiger partial charge is 0.245 e. The van der Waals surface area contributed by atoms with E-state index in [1.54, 1.807) is 7.05 Å². The maximum Gasteiger partial charge on any atom is 0.245 e. The van der Waals surface area contributed by atoms with Gasteiger partial charge in [-0.3, -0.25) is 9.59 Å². The number of H-pyrrole nitrogens is 1. The van der Waals surface area contributed by atoms with Crippen molar-refractivity contribution in [2.75, 3.05) is 20.1 Å². The predicted molar refractivity (Wildman–Crippen MR) is 130 cm³/mol. The van der Waals surface area contributed by atoms with Crippen molar-refractivity contribution < 1.29 is 9.59 Å². The van der Waals surface area contributed by atoms with Crippen LogP contribution in [-0.4, -0.2) is 66.0 Å². The van der Waals surface area contributed by atoms with Gasteiger partial charge in [-0.1, -0.05) is 37.5 Å². The van der Waals surface area contributed by atoms with Gasteiger partial charge in [-0.15, -0.1) is 0 Å². The zero-order chi connectivity index (χ0) is 22.9. The minimum atomic E-state index is -0.434. The Bertz CT molecular complexity index is 997. The summed E-state index contributed by atoms with van der Waals surface area (Å²) >= 11 is 0. The van der Waals surface area contributed by atoms with Crippen molar-refractivity contribution in [2.24, 2.45) is 5.92 Å². The predicted octanol–water partition coefficient (Wildman–Crippen LogP) is 2.50. The number of hydrogen-bond donors (Lipinski definition) is 4. The van der Waals surface area contributed by atoms with Gasteiger partial charge in [0.05, 0.1) is 12.1 Å². The van der Waals surface area contributed by atoms with Gasteiger partial charge in [-0.25, -0.2) is 0 Å². The number of likely N-dealkylation sites (N-methyl/N-ethyl adjacent to an activating group) is 1. The normalized spacial score (nSPS) is 27.5. The molecule has 1 aromatic carbocycles. The third kappa shape index (κ3) is 4.17. The topological polar surface area (TPSA) is 89.3 Å². The number of rotatable bonds is 6. The lowest BCUT2D eigenvalue weighted by Crippen LogP contribution is -2.57. The molecule has 0 bridgehead atoms. The van der Waals surface area contributed by atoms with E-state index < -0.39 is 6.04 Å². The average molecular weight is 452 g/mol. The Morgan fingerprint density at radius 1 is 1.12 bits per heavy atom. The second kappa shape index (κ2) is 9.47. The summed E-state index contributed by atoms with van der Waals surface area (Å²) in [4.78, 5) is 32.4. The first-order valence-corrected chi connectivity index (χ1v) is 12.7. The largest absolute Gasteiger partial charge is 0.361 e. The summed E-state index contributed by atoms with van der Waals surface area (Å²) in [6.07, 6.45) is 8.60. The number of carbonyl (C=O) groups is 2. The highest BCUT2D eigenvalue weighted by molar-refractivity contribution is 5.90. The number of para-hydroxylation sites is 1. The van der Waals surface area contributed by atoms with Gasteiger partial charge in [-0.05, 0) is 50.8 Å². The number of aromatic nitrogens is 1. The van der Waals surface area contributed by atoms with E-state index in [0.29, 0.717) is 6.04 Å². The number of fused-ring (bicyclic) bond motifs is 2. The number of amides is 2. The standard InChI is InChI=1S/C26H37N5O2/c1-16(27-2)25(32)30-23(17-8-4-3-5-9-17)26(33)31-13-12-22-24(31)20(15-29-22)19-14-28-21-11-7-6-10-18(19)21/h6-7,10-11,14,16-17,20,22-24,27-29H,3-5,8-9,12-13,15H2,1-2H3,(H,30,32). The summed E-state index contributed by atoms with van der Waals surface area (Å²) in [7, 11) is 1.78. The Labute approximate surface area is 196 Å². The molecule has 5 atom stereocenters. The van der Waals surface area contributed by atoms with Crippen LogP contribution < -0.4 is 16.0 Å². The molecule has 5 rings (SSSR count). The van der Waals surface area contributed by atoms with E-state index in [2.05, 4.69) is 50.2 Å². The lowest BCUT2D eigenvalue weighted by molar-refractivity contribution is -0.139. The van der Waals surface area contributed by atoms with Gasteiger partial charge in [0.1, 0.15) is 6.04 Å². The maximum atomic E-state index is 14.1. The molecule has 4 N–H and O–H groups in total. The highest BCUT2D eigenvalue weighted by Crippen LogP contribution is 2.39. The third-order valence-corrected chi connectivity index (χ3v) is 8.28. The van der Waals surface area contributed by atoms with E-state index in [9.17, 15) is 9.59 Å². The number of benzene rings is 1. The molecular weight excluding hydrogens is 414 g/mol. The van der Waals surface area contributed by atoms with Crippen LogP contribution in [0, 0.1) is 5.92 Å². The lowest BCUT2D eigenvalue weighted by Gasteiger charge is -2.36. The molecule has 33 heavy (non-hydrogen) atoms. The van der Waals surface area contributed by atoms with Gasteiger partial charge < -0.3 is 25.8 Å². The van der Waals surface area contributed by atoms with Gasteiger partial charge in [0.15, 0.2) is 0 Å². The Hall–Kier alpha value is -2.38. The molecule has 1 aromatic heterocycles. The molecule has 1 aliphatic carbocycles. The summed E-state index contributed by atoms with van der Waals surface area (Å²) in [5.74, 6) is 0.491. The molecule has 2 amide bonds. The minimum Gasteiger partial charge on any atom is -0.361 e. The van der Waals surface area contributed by atoms with E-state index in [4.69, 9.17) is 0 Å². The molecule has 178 valence electrons. The lowest BCUT2D eigenvalue weighted by atomic mass is 9.82. The van der Waals surface area contributed by atoms with Gasteiger partial charge >= 0.3 is 0 Å². The molecule has 1 saturated carbocycles. The van der Waals surface area contributed by atoms with E-state index in [0.717, 1.165) is 50.7 Å². The molecule has 3 heterocycles. The van der Waals surface area contributed by atoms with Crippen LogP contribution in [0.4, 0.5) is 0 Å². The van der Waals surface area contributed by atoms with Crippen LogP contribution in [-0.2, 0) is 9.59 Å². The van der Waals surface area contributed by atoms with Gasteiger partial charge in [-0.2, -0.15) is 0 Å². The van der Waals surface area contributed by atoms with Crippen LogP contribution in [0.15, 0.2) is 30.5 Å².